The molecule has 7 aromatic rings. The smallest absolute Gasteiger partial charge is 0.0562 e. The molecule has 7 rings (SSSR count). The Morgan fingerprint density at radius 3 is 1.68 bits per heavy atom. The van der Waals surface area contributed by atoms with Crippen molar-refractivity contribution in [1.82, 2.24) is 4.57 Å². The average Bonchev–Trinajstić information content (AvgIpc) is 3.33. The molecule has 0 fully saturated rings. The molecule has 2 heteroatoms. The standard InChI is InChI=1S/C36H26N2/c1-4-11-26(12-5-1)28-19-22-30(23-20-28)37-33-17-10-18-35-36(33)32-25-29(27-13-6-2-7-14-27)21-24-34(32)38(35)31-15-8-3-9-16-31/h1-25,37H. The summed E-state index contributed by atoms with van der Waals surface area (Å²) in [5.74, 6) is 0. The number of nitrogens with one attached hydrogen (secondary N) is 1. The Morgan fingerprint density at radius 1 is 0.421 bits per heavy atom. The molecule has 38 heavy (non-hydrogen) atoms. The number of nitrogens with zero attached hydrogens (tertiary/aromatic N) is 1. The summed E-state index contributed by atoms with van der Waals surface area (Å²) in [5.41, 5.74) is 10.6. The van der Waals surface area contributed by atoms with Crippen LogP contribution in [-0.2, 0) is 0 Å². The number of anilines is 2. The number of para-hydroxylation sites is 1. The van der Waals surface area contributed by atoms with E-state index in [0.29, 0.717) is 0 Å². The molecule has 0 saturated heterocycles. The molecular formula is C36H26N2. The van der Waals surface area contributed by atoms with Gasteiger partial charge >= 0.3 is 0 Å². The Hall–Kier alpha value is -5.08. The average molecular weight is 487 g/mol. The molecule has 0 bridgehead atoms. The lowest BCUT2D eigenvalue weighted by atomic mass is 10.0. The molecule has 0 aliphatic rings. The van der Waals surface area contributed by atoms with Crippen molar-refractivity contribution in [3.63, 3.8) is 0 Å². The minimum atomic E-state index is 1.07. The van der Waals surface area contributed by atoms with Crippen LogP contribution in [-0.4, -0.2) is 4.57 Å². The summed E-state index contributed by atoms with van der Waals surface area (Å²) in [6.07, 6.45) is 0. The van der Waals surface area contributed by atoms with Crippen LogP contribution in [0, 0.1) is 0 Å². The van der Waals surface area contributed by atoms with Crippen LogP contribution in [0.15, 0.2) is 152 Å². The number of hydrogen-bond donors (Lipinski definition) is 1. The summed E-state index contributed by atoms with van der Waals surface area (Å²) in [6.45, 7) is 0. The molecule has 6 aromatic carbocycles. The van der Waals surface area contributed by atoms with Crippen molar-refractivity contribution in [1.29, 1.82) is 0 Å². The van der Waals surface area contributed by atoms with Crippen molar-refractivity contribution < 1.29 is 0 Å². The Labute approximate surface area is 222 Å². The van der Waals surface area contributed by atoms with Crippen molar-refractivity contribution in [2.45, 2.75) is 0 Å². The summed E-state index contributed by atoms with van der Waals surface area (Å²) < 4.78 is 2.36. The quantitative estimate of drug-likeness (QED) is 0.256. The van der Waals surface area contributed by atoms with Crippen LogP contribution in [0.1, 0.15) is 0 Å². The highest BCUT2D eigenvalue weighted by molar-refractivity contribution is 6.16. The van der Waals surface area contributed by atoms with E-state index in [9.17, 15) is 0 Å². The SMILES string of the molecule is c1ccc(-c2ccc(Nc3cccc4c3c3cc(-c5ccccc5)ccc3n4-c3ccccc3)cc2)cc1. The lowest BCUT2D eigenvalue weighted by Crippen LogP contribution is -1.94. The molecule has 0 radical (unpaired) electrons. The van der Waals surface area contributed by atoms with Crippen LogP contribution in [0.25, 0.3) is 49.7 Å². The molecule has 180 valence electrons. The number of hydrogen-bond acceptors (Lipinski definition) is 1. The normalized spacial score (nSPS) is 11.2. The number of rotatable bonds is 5. The van der Waals surface area contributed by atoms with Gasteiger partial charge in [0.1, 0.15) is 0 Å². The zero-order valence-electron chi connectivity index (χ0n) is 20.9. The minimum absolute atomic E-state index is 1.07. The summed E-state index contributed by atoms with van der Waals surface area (Å²) >= 11 is 0. The second-order valence-corrected chi connectivity index (χ2v) is 9.54. The summed E-state index contributed by atoms with van der Waals surface area (Å²) in [6, 6.07) is 53.7. The third kappa shape index (κ3) is 3.93. The largest absolute Gasteiger partial charge is 0.355 e. The van der Waals surface area contributed by atoms with Gasteiger partial charge in [-0.15, -0.1) is 0 Å². The first-order chi connectivity index (χ1) is 18.8. The molecule has 0 saturated carbocycles. The highest BCUT2D eigenvalue weighted by Gasteiger charge is 2.16. The van der Waals surface area contributed by atoms with Gasteiger partial charge in [-0.25, -0.2) is 0 Å². The van der Waals surface area contributed by atoms with E-state index in [0.717, 1.165) is 17.1 Å². The maximum atomic E-state index is 3.73. The fourth-order valence-electron chi connectivity index (χ4n) is 5.37. The first-order valence-corrected chi connectivity index (χ1v) is 13.0. The van der Waals surface area contributed by atoms with Crippen molar-refractivity contribution in [3.8, 4) is 27.9 Å². The van der Waals surface area contributed by atoms with Gasteiger partial charge in [-0.05, 0) is 70.8 Å². The Balaban J connectivity index is 1.40. The van der Waals surface area contributed by atoms with E-state index < -0.39 is 0 Å². The van der Waals surface area contributed by atoms with E-state index in [1.807, 2.05) is 0 Å². The van der Waals surface area contributed by atoms with Crippen molar-refractivity contribution in [2.75, 3.05) is 5.32 Å². The Kier molecular flexibility index (Phi) is 5.49. The third-order valence-corrected chi connectivity index (χ3v) is 7.18. The topological polar surface area (TPSA) is 17.0 Å². The second kappa shape index (κ2) is 9.42. The number of fused-ring (bicyclic) bond motifs is 3. The second-order valence-electron chi connectivity index (χ2n) is 9.54. The van der Waals surface area contributed by atoms with Gasteiger partial charge in [0.05, 0.1) is 11.0 Å². The van der Waals surface area contributed by atoms with Gasteiger partial charge in [0.15, 0.2) is 0 Å². The molecule has 0 amide bonds. The van der Waals surface area contributed by atoms with Gasteiger partial charge in [-0.2, -0.15) is 0 Å². The predicted molar refractivity (Wildman–Crippen MR) is 161 cm³/mol. The van der Waals surface area contributed by atoms with Gasteiger partial charge in [0.25, 0.3) is 0 Å². The van der Waals surface area contributed by atoms with Crippen molar-refractivity contribution in [3.05, 3.63) is 152 Å². The van der Waals surface area contributed by atoms with Crippen molar-refractivity contribution in [2.24, 2.45) is 0 Å². The van der Waals surface area contributed by atoms with E-state index in [-0.39, 0.29) is 0 Å². The van der Waals surface area contributed by atoms with E-state index in [4.69, 9.17) is 0 Å². The predicted octanol–water partition coefficient (Wildman–Crippen LogP) is 9.86. The molecule has 0 aliphatic carbocycles. The molecule has 0 spiro atoms. The van der Waals surface area contributed by atoms with E-state index in [1.54, 1.807) is 0 Å². The van der Waals surface area contributed by atoms with Gasteiger partial charge in [0, 0.05) is 27.8 Å². The molecule has 0 unspecified atom stereocenters. The fourth-order valence-corrected chi connectivity index (χ4v) is 5.37. The third-order valence-electron chi connectivity index (χ3n) is 7.18. The van der Waals surface area contributed by atoms with Gasteiger partial charge in [-0.3, -0.25) is 0 Å². The van der Waals surface area contributed by atoms with Crippen molar-refractivity contribution >= 4 is 33.2 Å². The summed E-state index contributed by atoms with van der Waals surface area (Å²) in [7, 11) is 0. The highest BCUT2D eigenvalue weighted by Crippen LogP contribution is 2.39. The Bertz CT molecular complexity index is 1850. The lowest BCUT2D eigenvalue weighted by Gasteiger charge is -2.11. The maximum Gasteiger partial charge on any atom is 0.0562 e. The molecule has 1 aromatic heterocycles. The van der Waals surface area contributed by atoms with Crippen LogP contribution in [0.3, 0.4) is 0 Å². The molecular weight excluding hydrogens is 460 g/mol. The zero-order chi connectivity index (χ0) is 25.3. The fraction of sp³-hybridized carbons (Fsp3) is 0. The van der Waals surface area contributed by atoms with E-state index >= 15 is 0 Å². The lowest BCUT2D eigenvalue weighted by molar-refractivity contribution is 1.18. The van der Waals surface area contributed by atoms with Gasteiger partial charge in [0.2, 0.25) is 0 Å². The molecule has 2 nitrogen and oxygen atoms in total. The van der Waals surface area contributed by atoms with Gasteiger partial charge in [-0.1, -0.05) is 103 Å². The van der Waals surface area contributed by atoms with E-state index in [1.165, 1.54) is 44.1 Å². The number of aromatic nitrogens is 1. The Morgan fingerprint density at radius 2 is 1.00 bits per heavy atom. The molecule has 0 atom stereocenters. The molecule has 0 aliphatic heterocycles. The van der Waals surface area contributed by atoms with Gasteiger partial charge < -0.3 is 9.88 Å². The summed E-state index contributed by atoms with van der Waals surface area (Å²) in [4.78, 5) is 0. The van der Waals surface area contributed by atoms with Crippen LogP contribution in [0.4, 0.5) is 11.4 Å². The minimum Gasteiger partial charge on any atom is -0.355 e. The van der Waals surface area contributed by atoms with Crippen LogP contribution in [0.5, 0.6) is 0 Å². The first-order valence-electron chi connectivity index (χ1n) is 13.0. The van der Waals surface area contributed by atoms with Crippen LogP contribution < -0.4 is 5.32 Å². The molecule has 1 N–H and O–H groups in total. The van der Waals surface area contributed by atoms with E-state index in [2.05, 4.69) is 162 Å². The highest BCUT2D eigenvalue weighted by atomic mass is 15.0. The first kappa shape index (κ1) is 22.1. The monoisotopic (exact) mass is 486 g/mol. The molecule has 1 heterocycles. The number of benzene rings is 6. The summed E-state index contributed by atoms with van der Waals surface area (Å²) in [5, 5.41) is 6.18. The maximum absolute atomic E-state index is 3.73. The van der Waals surface area contributed by atoms with Crippen LogP contribution in [0.2, 0.25) is 0 Å². The van der Waals surface area contributed by atoms with Crippen LogP contribution >= 0.6 is 0 Å². The zero-order valence-corrected chi connectivity index (χ0v) is 20.9.